The summed E-state index contributed by atoms with van der Waals surface area (Å²) in [6.07, 6.45) is 16.3. The third-order valence-corrected chi connectivity index (χ3v) is 14.1. The third-order valence-electron chi connectivity index (χ3n) is 12.9. The number of hydrogen-bond acceptors (Lipinski definition) is 3. The van der Waals surface area contributed by atoms with Gasteiger partial charge in [-0.15, -0.1) is 11.3 Å². The first-order valence-corrected chi connectivity index (χ1v) is 20.2. The van der Waals surface area contributed by atoms with Gasteiger partial charge in [-0.2, -0.15) is 0 Å². The van der Waals surface area contributed by atoms with Crippen molar-refractivity contribution in [3.05, 3.63) is 112 Å². The minimum absolute atomic E-state index is 0.0728. The van der Waals surface area contributed by atoms with Crippen molar-refractivity contribution in [1.29, 1.82) is 0 Å². The molecule has 0 atom stereocenters. The molecule has 0 saturated heterocycles. The summed E-state index contributed by atoms with van der Waals surface area (Å²) in [5, 5.41) is 1.40. The summed E-state index contributed by atoms with van der Waals surface area (Å²) >= 11 is 2.04. The number of fused-ring (bicyclic) bond motifs is 7. The van der Waals surface area contributed by atoms with Gasteiger partial charge in [-0.25, -0.2) is 0 Å². The van der Waals surface area contributed by atoms with Crippen LogP contribution >= 0.6 is 11.3 Å². The van der Waals surface area contributed by atoms with Crippen LogP contribution in [0.5, 0.6) is 0 Å². The molecule has 4 aromatic rings. The molecule has 0 amide bonds. The average molecular weight is 689 g/mol. The number of rotatable bonds is 2. The summed E-state index contributed by atoms with van der Waals surface area (Å²) < 4.78 is 2.89. The quantitative estimate of drug-likeness (QED) is 0.193. The highest BCUT2D eigenvalue weighted by Gasteiger charge is 2.48. The van der Waals surface area contributed by atoms with E-state index in [2.05, 4.69) is 146 Å². The number of benzene rings is 3. The van der Waals surface area contributed by atoms with Crippen LogP contribution in [0.15, 0.2) is 89.3 Å². The van der Waals surface area contributed by atoms with E-state index in [1.165, 1.54) is 101 Å². The highest BCUT2D eigenvalue weighted by atomic mass is 32.1. The Morgan fingerprint density at radius 3 is 2.16 bits per heavy atom. The topological polar surface area (TPSA) is 6.48 Å². The van der Waals surface area contributed by atoms with Gasteiger partial charge >= 0.3 is 0 Å². The molecule has 3 heterocycles. The molecule has 51 heavy (non-hydrogen) atoms. The molecule has 4 heteroatoms. The Labute approximate surface area is 310 Å². The molecule has 9 rings (SSSR count). The van der Waals surface area contributed by atoms with Crippen molar-refractivity contribution < 1.29 is 0 Å². The van der Waals surface area contributed by atoms with Crippen LogP contribution in [0, 0.1) is 6.92 Å². The second-order valence-electron chi connectivity index (χ2n) is 18.5. The molecule has 3 aromatic carbocycles. The molecule has 0 bridgehead atoms. The molecule has 2 nitrogen and oxygen atoms in total. The summed E-state index contributed by atoms with van der Waals surface area (Å²) in [6, 6.07) is 17.7. The molecule has 1 aromatic heterocycles. The van der Waals surface area contributed by atoms with Crippen molar-refractivity contribution in [3.63, 3.8) is 0 Å². The second-order valence-corrected chi connectivity index (χ2v) is 19.6. The number of hydrogen-bond donors (Lipinski definition) is 0. The molecule has 5 aliphatic rings. The van der Waals surface area contributed by atoms with Crippen LogP contribution in [-0.2, 0) is 16.2 Å². The number of allylic oxidation sites excluding steroid dienone is 7. The third kappa shape index (κ3) is 4.88. The largest absolute Gasteiger partial charge is 0.314 e. The van der Waals surface area contributed by atoms with E-state index in [-0.39, 0.29) is 23.0 Å². The molecule has 0 fully saturated rings. The van der Waals surface area contributed by atoms with Gasteiger partial charge in [0, 0.05) is 43.3 Å². The van der Waals surface area contributed by atoms with Crippen LogP contribution in [-0.4, -0.2) is 6.71 Å². The fourth-order valence-corrected chi connectivity index (χ4v) is 11.2. The zero-order chi connectivity index (χ0) is 35.8. The van der Waals surface area contributed by atoms with Crippen LogP contribution < -0.4 is 25.5 Å². The number of thiophene rings is 1. The van der Waals surface area contributed by atoms with Crippen LogP contribution in [0.4, 0.5) is 22.7 Å². The minimum Gasteiger partial charge on any atom is -0.314 e. The normalized spacial score (nSPS) is 20.2. The zero-order valence-electron chi connectivity index (χ0n) is 32.5. The molecule has 2 aliphatic heterocycles. The Morgan fingerprint density at radius 2 is 1.49 bits per heavy atom. The predicted molar refractivity (Wildman–Crippen MR) is 225 cm³/mol. The fourth-order valence-electron chi connectivity index (χ4n) is 9.88. The van der Waals surface area contributed by atoms with Gasteiger partial charge in [0.2, 0.25) is 0 Å². The summed E-state index contributed by atoms with van der Waals surface area (Å²) in [7, 11) is 0. The van der Waals surface area contributed by atoms with Gasteiger partial charge in [0.15, 0.2) is 0 Å². The molecule has 0 N–H and O–H groups in total. The van der Waals surface area contributed by atoms with Crippen molar-refractivity contribution in [1.82, 2.24) is 0 Å². The summed E-state index contributed by atoms with van der Waals surface area (Å²) in [6.45, 7) is 24.2. The van der Waals surface area contributed by atoms with Gasteiger partial charge in [0.25, 0.3) is 6.71 Å². The Bertz CT molecular complexity index is 2300. The van der Waals surface area contributed by atoms with Gasteiger partial charge in [0.1, 0.15) is 0 Å². The molecule has 0 unspecified atom stereocenters. The van der Waals surface area contributed by atoms with Crippen LogP contribution in [0.2, 0.25) is 0 Å². The van der Waals surface area contributed by atoms with Crippen molar-refractivity contribution in [2.45, 2.75) is 124 Å². The molecule has 0 spiro atoms. The van der Waals surface area contributed by atoms with E-state index in [1.54, 1.807) is 5.56 Å². The molecule has 0 saturated carbocycles. The van der Waals surface area contributed by atoms with E-state index in [1.807, 2.05) is 11.3 Å². The first kappa shape index (κ1) is 33.1. The number of nitrogens with zero attached hydrogens (tertiary/aromatic N) is 2. The summed E-state index contributed by atoms with van der Waals surface area (Å²) in [5.74, 6) is 0. The van der Waals surface area contributed by atoms with Gasteiger partial charge in [-0.05, 0) is 156 Å². The van der Waals surface area contributed by atoms with Gasteiger partial charge in [-0.3, -0.25) is 0 Å². The van der Waals surface area contributed by atoms with E-state index in [0.717, 1.165) is 25.7 Å². The van der Waals surface area contributed by atoms with Gasteiger partial charge in [0.05, 0.1) is 5.69 Å². The number of anilines is 4. The molecular formula is C47H53BN2S. The van der Waals surface area contributed by atoms with Crippen LogP contribution in [0.3, 0.4) is 0 Å². The Hall–Kier alpha value is -3.76. The Kier molecular flexibility index (Phi) is 7.22. The van der Waals surface area contributed by atoms with E-state index in [0.29, 0.717) is 0 Å². The summed E-state index contributed by atoms with van der Waals surface area (Å²) in [5.41, 5.74) is 20.4. The average Bonchev–Trinajstić information content (AvgIpc) is 3.45. The standard InChI is InChI=1S/C47H53BN2S/c1-28-23-38-41-39(24-28)50(42-29(2)15-14-16-30(42)3)37-27-35-34(46(7,8)21-22-47(35,9)10)26-36(37)48(41)44-43(49(38)32-17-12-11-13-18-32)33-25-31(45(4,5)6)19-20-40(33)51-44/h11-12,15,17,19-20,23-27H,13-14,16,18,21-22H2,1-10H3. The second kappa shape index (κ2) is 11.1. The number of aryl methyl sites for hydroxylation is 1. The maximum Gasteiger partial charge on any atom is 0.264 e. The van der Waals surface area contributed by atoms with Crippen molar-refractivity contribution in [2.24, 2.45) is 0 Å². The molecule has 3 aliphatic carbocycles. The maximum atomic E-state index is 2.72. The zero-order valence-corrected chi connectivity index (χ0v) is 33.3. The molecular weight excluding hydrogens is 635 g/mol. The lowest BCUT2D eigenvalue weighted by Crippen LogP contribution is -2.61. The molecule has 260 valence electrons. The van der Waals surface area contributed by atoms with Gasteiger partial charge < -0.3 is 9.80 Å². The van der Waals surface area contributed by atoms with Crippen molar-refractivity contribution in [2.75, 3.05) is 9.80 Å². The van der Waals surface area contributed by atoms with Crippen molar-refractivity contribution >= 4 is 66.6 Å². The van der Waals surface area contributed by atoms with Crippen LogP contribution in [0.1, 0.15) is 123 Å². The molecule has 0 radical (unpaired) electrons. The van der Waals surface area contributed by atoms with E-state index in [4.69, 9.17) is 0 Å². The summed E-state index contributed by atoms with van der Waals surface area (Å²) in [4.78, 5) is 5.42. The van der Waals surface area contributed by atoms with E-state index < -0.39 is 0 Å². The van der Waals surface area contributed by atoms with Gasteiger partial charge in [-0.1, -0.05) is 78.8 Å². The minimum atomic E-state index is 0.0728. The first-order valence-electron chi connectivity index (χ1n) is 19.4. The maximum absolute atomic E-state index is 2.72. The van der Waals surface area contributed by atoms with E-state index >= 15 is 0 Å². The Balaban J connectivity index is 1.44. The highest BCUT2D eigenvalue weighted by molar-refractivity contribution is 7.33. The van der Waals surface area contributed by atoms with Crippen molar-refractivity contribution in [3.8, 4) is 0 Å². The fraction of sp³-hybridized carbons (Fsp3) is 0.404. The first-order chi connectivity index (χ1) is 24.2. The lowest BCUT2D eigenvalue weighted by atomic mass is 9.35. The smallest absolute Gasteiger partial charge is 0.264 e. The van der Waals surface area contributed by atoms with Crippen LogP contribution in [0.25, 0.3) is 10.1 Å². The van der Waals surface area contributed by atoms with E-state index in [9.17, 15) is 0 Å². The Morgan fingerprint density at radius 1 is 0.784 bits per heavy atom. The monoisotopic (exact) mass is 688 g/mol. The lowest BCUT2D eigenvalue weighted by molar-refractivity contribution is 0.332. The lowest BCUT2D eigenvalue weighted by Gasteiger charge is -2.48. The SMILES string of the molecule is CC1=CCCC(C)=C1N1c2cc3c(cc2B2c4sc5ccc(C(C)(C)C)cc5c4N(C4=CC=CCC4)c4cc(C)cc1c42)C(C)(C)CCC3(C)C. The highest BCUT2D eigenvalue weighted by Crippen LogP contribution is 2.52. The predicted octanol–water partition coefficient (Wildman–Crippen LogP) is 11.5.